The van der Waals surface area contributed by atoms with Crippen molar-refractivity contribution in [2.45, 2.75) is 33.0 Å². The molecule has 1 N–H and O–H groups in total. The van der Waals surface area contributed by atoms with E-state index >= 15 is 0 Å². The molecule has 0 spiro atoms. The molecule has 0 aromatic heterocycles. The molecule has 1 saturated heterocycles. The molecule has 2 atom stereocenters. The van der Waals surface area contributed by atoms with Crippen molar-refractivity contribution >= 4 is 27.5 Å². The zero-order valence-corrected chi connectivity index (χ0v) is 13.7. The van der Waals surface area contributed by atoms with Gasteiger partial charge in [-0.25, -0.2) is 0 Å². The van der Waals surface area contributed by atoms with Crippen LogP contribution in [0.3, 0.4) is 0 Å². The number of amides is 1. The molecule has 1 aliphatic heterocycles. The summed E-state index contributed by atoms with van der Waals surface area (Å²) in [6.07, 6.45) is 0.211. The summed E-state index contributed by atoms with van der Waals surface area (Å²) in [5.74, 6) is 0.111. The Kier molecular flexibility index (Phi) is 5.05. The highest BCUT2D eigenvalue weighted by Crippen LogP contribution is 2.23. The van der Waals surface area contributed by atoms with Gasteiger partial charge in [0.15, 0.2) is 0 Å². The monoisotopic (exact) mass is 340 g/mol. The van der Waals surface area contributed by atoms with Gasteiger partial charge in [-0.15, -0.1) is 0 Å². The number of carbonyl (C=O) groups is 1. The number of ether oxygens (including phenoxy) is 1. The minimum absolute atomic E-state index is 0.105. The highest BCUT2D eigenvalue weighted by molar-refractivity contribution is 9.10. The van der Waals surface area contributed by atoms with Crippen molar-refractivity contribution in [3.05, 3.63) is 28.2 Å². The van der Waals surface area contributed by atoms with Crippen molar-refractivity contribution in [3.63, 3.8) is 0 Å². The molecule has 0 radical (unpaired) electrons. The van der Waals surface area contributed by atoms with Crippen LogP contribution in [0.1, 0.15) is 19.4 Å². The maximum atomic E-state index is 12.2. The molecule has 4 nitrogen and oxygen atoms in total. The first-order valence-corrected chi connectivity index (χ1v) is 7.68. The van der Waals surface area contributed by atoms with Crippen LogP contribution in [0.5, 0.6) is 0 Å². The van der Waals surface area contributed by atoms with Crippen LogP contribution in [0.2, 0.25) is 0 Å². The topological polar surface area (TPSA) is 41.6 Å². The lowest BCUT2D eigenvalue weighted by molar-refractivity contribution is -0.141. The van der Waals surface area contributed by atoms with Gasteiger partial charge in [-0.05, 0) is 54.4 Å². The van der Waals surface area contributed by atoms with E-state index in [4.69, 9.17) is 4.74 Å². The molecule has 0 bridgehead atoms. The average Bonchev–Trinajstić information content (AvgIpc) is 2.36. The van der Waals surface area contributed by atoms with Gasteiger partial charge in [-0.2, -0.15) is 0 Å². The third kappa shape index (κ3) is 3.96. The van der Waals surface area contributed by atoms with E-state index < -0.39 is 0 Å². The van der Waals surface area contributed by atoms with Crippen LogP contribution in [0.25, 0.3) is 0 Å². The van der Waals surface area contributed by atoms with Crippen LogP contribution >= 0.6 is 15.9 Å². The SMILES string of the molecule is Cc1ccc(NCC(=O)N2CC(C)OC(C)C2)c(Br)c1. The Bertz CT molecular complexity index is 483. The van der Waals surface area contributed by atoms with E-state index in [2.05, 4.69) is 21.2 Å². The van der Waals surface area contributed by atoms with Gasteiger partial charge in [-0.3, -0.25) is 4.79 Å². The van der Waals surface area contributed by atoms with Gasteiger partial charge in [0.25, 0.3) is 0 Å². The number of nitrogens with one attached hydrogen (secondary N) is 1. The second kappa shape index (κ2) is 6.59. The number of nitrogens with zero attached hydrogens (tertiary/aromatic N) is 1. The van der Waals surface area contributed by atoms with Gasteiger partial charge in [0, 0.05) is 23.2 Å². The molecule has 1 fully saturated rings. The van der Waals surface area contributed by atoms with Crippen molar-refractivity contribution < 1.29 is 9.53 Å². The Hall–Kier alpha value is -1.07. The van der Waals surface area contributed by atoms with E-state index in [1.807, 2.05) is 43.9 Å². The number of carbonyl (C=O) groups excluding carboxylic acids is 1. The van der Waals surface area contributed by atoms with Gasteiger partial charge in [-0.1, -0.05) is 6.07 Å². The smallest absolute Gasteiger partial charge is 0.242 e. The summed E-state index contributed by atoms with van der Waals surface area (Å²) in [4.78, 5) is 14.1. The number of anilines is 1. The standard InChI is InChI=1S/C15H21BrN2O2/c1-10-4-5-14(13(16)6-10)17-7-15(19)18-8-11(2)20-12(3)9-18/h4-6,11-12,17H,7-9H2,1-3H3. The number of rotatable bonds is 3. The third-order valence-corrected chi connectivity index (χ3v) is 3.98. The predicted molar refractivity (Wildman–Crippen MR) is 84.0 cm³/mol. The lowest BCUT2D eigenvalue weighted by Crippen LogP contribution is -2.49. The minimum atomic E-state index is 0.105. The highest BCUT2D eigenvalue weighted by atomic mass is 79.9. The Morgan fingerprint density at radius 1 is 1.40 bits per heavy atom. The first-order chi connectivity index (χ1) is 9.45. The summed E-state index contributed by atoms with van der Waals surface area (Å²) in [6.45, 7) is 7.68. The van der Waals surface area contributed by atoms with Gasteiger partial charge in [0.1, 0.15) is 0 Å². The molecule has 1 aromatic carbocycles. The molecule has 110 valence electrons. The summed E-state index contributed by atoms with van der Waals surface area (Å²) in [5, 5.41) is 3.19. The van der Waals surface area contributed by atoms with Crippen LogP contribution in [0.15, 0.2) is 22.7 Å². The van der Waals surface area contributed by atoms with E-state index in [1.54, 1.807) is 0 Å². The van der Waals surface area contributed by atoms with Crippen molar-refractivity contribution in [2.24, 2.45) is 0 Å². The molecule has 20 heavy (non-hydrogen) atoms. The predicted octanol–water partition coefficient (Wildman–Crippen LogP) is 2.81. The van der Waals surface area contributed by atoms with Gasteiger partial charge < -0.3 is 15.0 Å². The summed E-state index contributed by atoms with van der Waals surface area (Å²) in [6, 6.07) is 6.04. The number of benzene rings is 1. The number of hydrogen-bond acceptors (Lipinski definition) is 3. The molecule has 1 aliphatic rings. The first-order valence-electron chi connectivity index (χ1n) is 6.89. The minimum Gasteiger partial charge on any atom is -0.375 e. The molecule has 5 heteroatoms. The number of hydrogen-bond donors (Lipinski definition) is 1. The summed E-state index contributed by atoms with van der Waals surface area (Å²) >= 11 is 3.50. The third-order valence-electron chi connectivity index (χ3n) is 3.33. The zero-order valence-electron chi connectivity index (χ0n) is 12.1. The molecule has 0 saturated carbocycles. The van der Waals surface area contributed by atoms with Crippen molar-refractivity contribution in [1.29, 1.82) is 0 Å². The largest absolute Gasteiger partial charge is 0.375 e. The van der Waals surface area contributed by atoms with Gasteiger partial charge in [0.05, 0.1) is 18.8 Å². The van der Waals surface area contributed by atoms with Gasteiger partial charge >= 0.3 is 0 Å². The van der Waals surface area contributed by atoms with Crippen LogP contribution in [-0.4, -0.2) is 42.6 Å². The normalized spacial score (nSPS) is 22.7. The molecule has 2 unspecified atom stereocenters. The van der Waals surface area contributed by atoms with Crippen LogP contribution in [-0.2, 0) is 9.53 Å². The molecule has 1 aromatic rings. The maximum Gasteiger partial charge on any atom is 0.242 e. The molecule has 2 rings (SSSR count). The fourth-order valence-electron chi connectivity index (χ4n) is 2.43. The second-order valence-corrected chi connectivity index (χ2v) is 6.25. The average molecular weight is 341 g/mol. The zero-order chi connectivity index (χ0) is 14.7. The summed E-state index contributed by atoms with van der Waals surface area (Å²) in [5.41, 5.74) is 2.13. The molecule has 0 aliphatic carbocycles. The molecular weight excluding hydrogens is 320 g/mol. The van der Waals surface area contributed by atoms with Crippen LogP contribution in [0, 0.1) is 6.92 Å². The molecule has 1 heterocycles. The van der Waals surface area contributed by atoms with E-state index in [1.165, 1.54) is 5.56 Å². The maximum absolute atomic E-state index is 12.2. The highest BCUT2D eigenvalue weighted by Gasteiger charge is 2.25. The van der Waals surface area contributed by atoms with E-state index in [-0.39, 0.29) is 18.1 Å². The Balaban J connectivity index is 1.91. The Morgan fingerprint density at radius 2 is 2.05 bits per heavy atom. The summed E-state index contributed by atoms with van der Waals surface area (Å²) in [7, 11) is 0. The number of morpholine rings is 1. The van der Waals surface area contributed by atoms with Crippen molar-refractivity contribution in [2.75, 3.05) is 25.0 Å². The van der Waals surface area contributed by atoms with Crippen molar-refractivity contribution in [1.82, 2.24) is 4.90 Å². The molecular formula is C15H21BrN2O2. The van der Waals surface area contributed by atoms with E-state index in [0.717, 1.165) is 10.2 Å². The number of aryl methyl sites for hydroxylation is 1. The quantitative estimate of drug-likeness (QED) is 0.919. The Labute approximate surface area is 128 Å². The summed E-state index contributed by atoms with van der Waals surface area (Å²) < 4.78 is 6.62. The Morgan fingerprint density at radius 3 is 2.65 bits per heavy atom. The lowest BCUT2D eigenvalue weighted by Gasteiger charge is -2.35. The molecule has 1 amide bonds. The first kappa shape index (κ1) is 15.3. The lowest BCUT2D eigenvalue weighted by atomic mass is 10.2. The van der Waals surface area contributed by atoms with E-state index in [0.29, 0.717) is 19.6 Å². The van der Waals surface area contributed by atoms with E-state index in [9.17, 15) is 4.79 Å². The fraction of sp³-hybridized carbons (Fsp3) is 0.533. The van der Waals surface area contributed by atoms with Gasteiger partial charge in [0.2, 0.25) is 5.91 Å². The van der Waals surface area contributed by atoms with Crippen LogP contribution < -0.4 is 5.32 Å². The fourth-order valence-corrected chi connectivity index (χ4v) is 3.06. The number of halogens is 1. The van der Waals surface area contributed by atoms with Crippen LogP contribution in [0.4, 0.5) is 5.69 Å². The second-order valence-electron chi connectivity index (χ2n) is 5.39. The van der Waals surface area contributed by atoms with Crippen molar-refractivity contribution in [3.8, 4) is 0 Å².